The van der Waals surface area contributed by atoms with Crippen molar-refractivity contribution in [1.82, 2.24) is 5.32 Å². The largest absolute Gasteiger partial charge is 0.497 e. The molecule has 0 radical (unpaired) electrons. The van der Waals surface area contributed by atoms with Gasteiger partial charge in [-0.3, -0.25) is 4.79 Å². The lowest BCUT2D eigenvalue weighted by Crippen LogP contribution is -2.38. The second-order valence-electron chi connectivity index (χ2n) is 5.77. The number of hydrogen-bond donors (Lipinski definition) is 1. The molecule has 0 spiro atoms. The number of furan rings is 1. The summed E-state index contributed by atoms with van der Waals surface area (Å²) >= 11 is 0. The molecule has 0 saturated carbocycles. The minimum absolute atomic E-state index is 0.0275. The van der Waals surface area contributed by atoms with Gasteiger partial charge in [0, 0.05) is 12.5 Å². The van der Waals surface area contributed by atoms with Gasteiger partial charge in [0.25, 0.3) is 5.91 Å². The number of carbonyl (C=O) groups is 1. The predicted molar refractivity (Wildman–Crippen MR) is 85.4 cm³/mol. The molecule has 2 aromatic rings. The molecule has 5 heteroatoms. The average Bonchev–Trinajstić information content (AvgIpc) is 2.89. The fraction of sp³-hybridized carbons (Fsp3) is 0.471. The standard InChI is InChI=1S/C17H23NO4/c1-11(2)7-13(10-20-3)18-17(19)16-9-12-8-14(21-4)5-6-15(12)22-16/h5-6,8-9,11,13H,7,10H2,1-4H3,(H,18,19)/t13-/m1/s1. The third-order valence-electron chi connectivity index (χ3n) is 3.41. The van der Waals surface area contributed by atoms with E-state index in [1.807, 2.05) is 6.07 Å². The first-order valence-corrected chi connectivity index (χ1v) is 7.41. The molecule has 1 aromatic heterocycles. The Labute approximate surface area is 130 Å². The van der Waals surface area contributed by atoms with E-state index in [1.165, 1.54) is 0 Å². The van der Waals surface area contributed by atoms with E-state index in [9.17, 15) is 4.79 Å². The Kier molecular flexibility index (Phi) is 5.44. The van der Waals surface area contributed by atoms with Crippen molar-refractivity contribution in [2.75, 3.05) is 20.8 Å². The summed E-state index contributed by atoms with van der Waals surface area (Å²) in [4.78, 5) is 12.3. The van der Waals surface area contributed by atoms with Gasteiger partial charge in [-0.2, -0.15) is 0 Å². The Balaban J connectivity index is 2.14. The number of carbonyl (C=O) groups excluding carboxylic acids is 1. The van der Waals surface area contributed by atoms with Crippen LogP contribution in [0.2, 0.25) is 0 Å². The van der Waals surface area contributed by atoms with Crippen molar-refractivity contribution >= 4 is 16.9 Å². The zero-order valence-electron chi connectivity index (χ0n) is 13.5. The molecule has 1 aromatic carbocycles. The zero-order chi connectivity index (χ0) is 16.1. The van der Waals surface area contributed by atoms with Crippen LogP contribution in [0, 0.1) is 5.92 Å². The van der Waals surface area contributed by atoms with Gasteiger partial charge in [0.1, 0.15) is 11.3 Å². The van der Waals surface area contributed by atoms with Crippen molar-refractivity contribution in [3.8, 4) is 5.75 Å². The molecule has 120 valence electrons. The van der Waals surface area contributed by atoms with Crippen LogP contribution < -0.4 is 10.1 Å². The fourth-order valence-electron chi connectivity index (χ4n) is 2.46. The van der Waals surface area contributed by atoms with Gasteiger partial charge in [-0.15, -0.1) is 0 Å². The molecule has 1 N–H and O–H groups in total. The number of benzene rings is 1. The third kappa shape index (κ3) is 4.01. The van der Waals surface area contributed by atoms with E-state index in [0.29, 0.717) is 23.9 Å². The van der Waals surface area contributed by atoms with E-state index in [-0.39, 0.29) is 11.9 Å². The lowest BCUT2D eigenvalue weighted by atomic mass is 10.0. The Morgan fingerprint density at radius 1 is 1.27 bits per heavy atom. The smallest absolute Gasteiger partial charge is 0.287 e. The van der Waals surface area contributed by atoms with Crippen molar-refractivity contribution in [2.45, 2.75) is 26.3 Å². The third-order valence-corrected chi connectivity index (χ3v) is 3.41. The van der Waals surface area contributed by atoms with E-state index < -0.39 is 0 Å². The lowest BCUT2D eigenvalue weighted by molar-refractivity contribution is 0.0859. The highest BCUT2D eigenvalue weighted by Crippen LogP contribution is 2.24. The van der Waals surface area contributed by atoms with Crippen LogP contribution in [0.3, 0.4) is 0 Å². The molecule has 0 unspecified atom stereocenters. The number of ether oxygens (including phenoxy) is 2. The van der Waals surface area contributed by atoms with Crippen LogP contribution in [0.25, 0.3) is 11.0 Å². The Morgan fingerprint density at radius 3 is 2.68 bits per heavy atom. The van der Waals surface area contributed by atoms with E-state index in [4.69, 9.17) is 13.9 Å². The molecule has 0 saturated heterocycles. The fourth-order valence-corrected chi connectivity index (χ4v) is 2.46. The van der Waals surface area contributed by atoms with Gasteiger partial charge in [-0.05, 0) is 36.6 Å². The van der Waals surface area contributed by atoms with E-state index >= 15 is 0 Å². The van der Waals surface area contributed by atoms with Gasteiger partial charge in [0.2, 0.25) is 0 Å². The first kappa shape index (κ1) is 16.4. The minimum atomic E-state index is -0.224. The summed E-state index contributed by atoms with van der Waals surface area (Å²) in [6, 6.07) is 7.15. The molecule has 1 heterocycles. The van der Waals surface area contributed by atoms with Crippen LogP contribution in [-0.4, -0.2) is 32.8 Å². The SMILES string of the molecule is COC[C@@H](CC(C)C)NC(=O)c1cc2cc(OC)ccc2o1. The van der Waals surface area contributed by atoms with Crippen LogP contribution >= 0.6 is 0 Å². The molecule has 2 rings (SSSR count). The maximum Gasteiger partial charge on any atom is 0.287 e. The number of nitrogens with one attached hydrogen (secondary N) is 1. The van der Waals surface area contributed by atoms with Gasteiger partial charge in [0.05, 0.1) is 19.8 Å². The molecule has 5 nitrogen and oxygen atoms in total. The summed E-state index contributed by atoms with van der Waals surface area (Å²) in [5.41, 5.74) is 0.665. The van der Waals surface area contributed by atoms with Crippen LogP contribution in [0.4, 0.5) is 0 Å². The Morgan fingerprint density at radius 2 is 2.05 bits per heavy atom. The quantitative estimate of drug-likeness (QED) is 0.853. The molecule has 0 aliphatic heterocycles. The van der Waals surface area contributed by atoms with Crippen LogP contribution in [0.15, 0.2) is 28.7 Å². The van der Waals surface area contributed by atoms with Crippen molar-refractivity contribution in [3.05, 3.63) is 30.0 Å². The summed E-state index contributed by atoms with van der Waals surface area (Å²) in [6.45, 7) is 4.71. The maximum absolute atomic E-state index is 12.3. The summed E-state index contributed by atoms with van der Waals surface area (Å²) < 4.78 is 15.9. The van der Waals surface area contributed by atoms with Gasteiger partial charge in [0.15, 0.2) is 5.76 Å². The number of rotatable bonds is 7. The summed E-state index contributed by atoms with van der Waals surface area (Å²) in [7, 11) is 3.24. The lowest BCUT2D eigenvalue weighted by Gasteiger charge is -2.19. The van der Waals surface area contributed by atoms with Crippen molar-refractivity contribution in [2.24, 2.45) is 5.92 Å². The van der Waals surface area contributed by atoms with Crippen LogP contribution in [-0.2, 0) is 4.74 Å². The van der Waals surface area contributed by atoms with Crippen LogP contribution in [0.1, 0.15) is 30.8 Å². The van der Waals surface area contributed by atoms with E-state index in [0.717, 1.165) is 17.6 Å². The molecule has 1 amide bonds. The second kappa shape index (κ2) is 7.31. The predicted octanol–water partition coefficient (Wildman–Crippen LogP) is 3.23. The molecule has 1 atom stereocenters. The second-order valence-corrected chi connectivity index (χ2v) is 5.77. The highest BCUT2D eigenvalue weighted by atomic mass is 16.5. The molecule has 0 aliphatic carbocycles. The number of fused-ring (bicyclic) bond motifs is 1. The van der Waals surface area contributed by atoms with E-state index in [2.05, 4.69) is 19.2 Å². The molecular weight excluding hydrogens is 282 g/mol. The molecule has 0 bridgehead atoms. The van der Waals surface area contributed by atoms with Crippen LogP contribution in [0.5, 0.6) is 5.75 Å². The highest BCUT2D eigenvalue weighted by molar-refractivity contribution is 5.96. The number of hydrogen-bond acceptors (Lipinski definition) is 4. The maximum atomic E-state index is 12.3. The number of methoxy groups -OCH3 is 2. The van der Waals surface area contributed by atoms with E-state index in [1.54, 1.807) is 32.4 Å². The minimum Gasteiger partial charge on any atom is -0.497 e. The van der Waals surface area contributed by atoms with Crippen molar-refractivity contribution < 1.29 is 18.7 Å². The van der Waals surface area contributed by atoms with Gasteiger partial charge >= 0.3 is 0 Å². The number of amides is 1. The Hall–Kier alpha value is -2.01. The van der Waals surface area contributed by atoms with Gasteiger partial charge in [-0.25, -0.2) is 0 Å². The zero-order valence-corrected chi connectivity index (χ0v) is 13.5. The summed E-state index contributed by atoms with van der Waals surface area (Å²) in [6.07, 6.45) is 0.855. The monoisotopic (exact) mass is 305 g/mol. The molecule has 0 aliphatic rings. The Bertz CT molecular complexity index is 633. The molecule has 0 fully saturated rings. The van der Waals surface area contributed by atoms with Gasteiger partial charge < -0.3 is 19.2 Å². The topological polar surface area (TPSA) is 60.7 Å². The highest BCUT2D eigenvalue weighted by Gasteiger charge is 2.18. The van der Waals surface area contributed by atoms with Crippen molar-refractivity contribution in [1.29, 1.82) is 0 Å². The first-order valence-electron chi connectivity index (χ1n) is 7.41. The normalized spacial score (nSPS) is 12.6. The summed E-state index contributed by atoms with van der Waals surface area (Å²) in [5, 5.41) is 3.81. The van der Waals surface area contributed by atoms with Gasteiger partial charge in [-0.1, -0.05) is 13.8 Å². The van der Waals surface area contributed by atoms with Crippen molar-refractivity contribution in [3.63, 3.8) is 0 Å². The summed E-state index contributed by atoms with van der Waals surface area (Å²) in [5.74, 6) is 1.28. The average molecular weight is 305 g/mol. The molecular formula is C17H23NO4. The molecule has 22 heavy (non-hydrogen) atoms. The first-order chi connectivity index (χ1) is 10.5.